The van der Waals surface area contributed by atoms with Crippen LogP contribution < -0.4 is 4.90 Å². The summed E-state index contributed by atoms with van der Waals surface area (Å²) < 4.78 is 5.20. The van der Waals surface area contributed by atoms with Gasteiger partial charge >= 0.3 is 5.97 Å². The number of rotatable bonds is 9. The minimum Gasteiger partial charge on any atom is -0.466 e. The van der Waals surface area contributed by atoms with E-state index < -0.39 is 5.41 Å². The fraction of sp³-hybridized carbons (Fsp3) is 0.286. The van der Waals surface area contributed by atoms with Crippen LogP contribution in [0.25, 0.3) is 0 Å². The van der Waals surface area contributed by atoms with Gasteiger partial charge in [0.25, 0.3) is 0 Å². The Morgan fingerprint density at radius 3 is 2.03 bits per heavy atom. The first-order valence-electron chi connectivity index (χ1n) is 11.3. The second-order valence-corrected chi connectivity index (χ2v) is 9.06. The second-order valence-electron chi connectivity index (χ2n) is 8.65. The first kappa shape index (κ1) is 23.1. The number of hydrogen-bond acceptors (Lipinski definition) is 4. The van der Waals surface area contributed by atoms with Crippen LogP contribution in [0.15, 0.2) is 78.9 Å². The highest BCUT2D eigenvalue weighted by molar-refractivity contribution is 6.33. The van der Waals surface area contributed by atoms with Crippen molar-refractivity contribution in [3.8, 4) is 0 Å². The second kappa shape index (κ2) is 10.2. The van der Waals surface area contributed by atoms with Crippen LogP contribution in [-0.2, 0) is 32.8 Å². The quantitative estimate of drug-likeness (QED) is 0.361. The number of carbonyl (C=O) groups is 2. The number of hydrogen-bond donors (Lipinski definition) is 0. The van der Waals surface area contributed by atoms with E-state index in [0.717, 1.165) is 11.3 Å². The fourth-order valence-electron chi connectivity index (χ4n) is 4.54. The normalized spacial score (nSPS) is 14.4. The summed E-state index contributed by atoms with van der Waals surface area (Å²) in [7, 11) is 0. The molecule has 5 heteroatoms. The Morgan fingerprint density at radius 2 is 1.52 bits per heavy atom. The maximum Gasteiger partial charge on any atom is 0.306 e. The van der Waals surface area contributed by atoms with Crippen molar-refractivity contribution >= 4 is 29.0 Å². The van der Waals surface area contributed by atoms with Gasteiger partial charge in [0.15, 0.2) is 0 Å². The monoisotopic (exact) mass is 461 g/mol. The lowest BCUT2D eigenvalue weighted by molar-refractivity contribution is -0.147. The Kier molecular flexibility index (Phi) is 7.14. The summed E-state index contributed by atoms with van der Waals surface area (Å²) in [4.78, 5) is 26.6. The lowest BCUT2D eigenvalue weighted by atomic mass is 9.61. The van der Waals surface area contributed by atoms with Gasteiger partial charge in [0, 0.05) is 31.3 Å². The summed E-state index contributed by atoms with van der Waals surface area (Å²) in [5, 5.41) is 0.641. The van der Waals surface area contributed by atoms with Crippen LogP contribution in [0, 0.1) is 0 Å². The van der Waals surface area contributed by atoms with Crippen molar-refractivity contribution in [1.29, 1.82) is 0 Å². The Labute approximate surface area is 200 Å². The number of ketones is 1. The highest BCUT2D eigenvalue weighted by atomic mass is 35.5. The number of Topliss-reactive ketones (excluding diaryl/α,β-unsaturated/α-hetero) is 1. The van der Waals surface area contributed by atoms with Crippen LogP contribution >= 0.6 is 11.6 Å². The molecule has 170 valence electrons. The van der Waals surface area contributed by atoms with Crippen LogP contribution in [0.5, 0.6) is 0 Å². The molecule has 0 amide bonds. The zero-order chi connectivity index (χ0) is 23.3. The van der Waals surface area contributed by atoms with E-state index in [4.69, 9.17) is 16.3 Å². The third kappa shape index (κ3) is 5.45. The van der Waals surface area contributed by atoms with E-state index in [9.17, 15) is 9.59 Å². The van der Waals surface area contributed by atoms with Crippen molar-refractivity contribution in [2.75, 3.05) is 11.5 Å². The smallest absolute Gasteiger partial charge is 0.306 e. The molecule has 0 unspecified atom stereocenters. The summed E-state index contributed by atoms with van der Waals surface area (Å²) in [6.07, 6.45) is 0.902. The van der Waals surface area contributed by atoms with Crippen LogP contribution in [0.4, 0.5) is 5.69 Å². The maximum absolute atomic E-state index is 12.3. The number of carbonyl (C=O) groups excluding carboxylic acids is 2. The topological polar surface area (TPSA) is 46.6 Å². The summed E-state index contributed by atoms with van der Waals surface area (Å²) in [5.74, 6) is -0.104. The van der Waals surface area contributed by atoms with E-state index in [1.54, 1.807) is 6.92 Å². The van der Waals surface area contributed by atoms with Crippen LogP contribution in [-0.4, -0.2) is 18.4 Å². The molecule has 1 saturated carbocycles. The molecular weight excluding hydrogens is 434 g/mol. The van der Waals surface area contributed by atoms with E-state index in [0.29, 0.717) is 37.6 Å². The van der Waals surface area contributed by atoms with E-state index in [1.807, 2.05) is 48.5 Å². The van der Waals surface area contributed by atoms with Gasteiger partial charge in [0.1, 0.15) is 5.78 Å². The first-order chi connectivity index (χ1) is 16.0. The number of halogens is 1. The Hall–Kier alpha value is -3.11. The summed E-state index contributed by atoms with van der Waals surface area (Å²) in [6, 6.07) is 26.4. The number of benzene rings is 3. The Balaban J connectivity index is 1.70. The SMILES string of the molecule is CCOC(=O)CC1(c2ccc(Cl)c(N(Cc3ccccc3)Cc3ccccc3)c2)CC(=O)C1. The van der Waals surface area contributed by atoms with Gasteiger partial charge in [0.2, 0.25) is 0 Å². The molecule has 1 aliphatic rings. The first-order valence-corrected chi connectivity index (χ1v) is 11.7. The Bertz CT molecular complexity index is 1070. The zero-order valence-electron chi connectivity index (χ0n) is 18.8. The average Bonchev–Trinajstić information content (AvgIpc) is 2.79. The Morgan fingerprint density at radius 1 is 0.939 bits per heavy atom. The van der Waals surface area contributed by atoms with Gasteiger partial charge in [-0.2, -0.15) is 0 Å². The van der Waals surface area contributed by atoms with Crippen LogP contribution in [0.2, 0.25) is 5.02 Å². The zero-order valence-corrected chi connectivity index (χ0v) is 19.6. The van der Waals surface area contributed by atoms with E-state index in [1.165, 1.54) is 11.1 Å². The molecule has 1 aliphatic carbocycles. The number of nitrogens with zero attached hydrogens (tertiary/aromatic N) is 1. The van der Waals surface area contributed by atoms with Gasteiger partial charge in [-0.15, -0.1) is 0 Å². The van der Waals surface area contributed by atoms with Crippen LogP contribution in [0.3, 0.4) is 0 Å². The minimum absolute atomic E-state index is 0.168. The molecule has 0 spiro atoms. The van der Waals surface area contributed by atoms with Gasteiger partial charge in [-0.25, -0.2) is 0 Å². The van der Waals surface area contributed by atoms with Gasteiger partial charge in [-0.3, -0.25) is 9.59 Å². The summed E-state index contributed by atoms with van der Waals surface area (Å²) >= 11 is 6.72. The highest BCUT2D eigenvalue weighted by Gasteiger charge is 2.47. The van der Waals surface area contributed by atoms with E-state index >= 15 is 0 Å². The third-order valence-electron chi connectivity index (χ3n) is 6.19. The van der Waals surface area contributed by atoms with Gasteiger partial charge in [0.05, 0.1) is 23.7 Å². The molecule has 3 aromatic carbocycles. The molecular formula is C28H28ClNO3. The standard InChI is InChI=1S/C28H28ClNO3/c1-2-33-27(32)18-28(16-24(31)17-28)23-13-14-25(29)26(15-23)30(19-21-9-5-3-6-10-21)20-22-11-7-4-8-12-22/h3-15H,2,16-20H2,1H3. The molecule has 1 fully saturated rings. The summed E-state index contributed by atoms with van der Waals surface area (Å²) in [5.41, 5.74) is 3.68. The molecule has 3 aromatic rings. The molecule has 4 nitrogen and oxygen atoms in total. The molecule has 0 heterocycles. The number of anilines is 1. The molecule has 0 saturated heterocycles. The predicted octanol–water partition coefficient (Wildman–Crippen LogP) is 6.10. The molecule has 0 aliphatic heterocycles. The van der Waals surface area contributed by atoms with Crippen LogP contribution in [0.1, 0.15) is 42.9 Å². The van der Waals surface area contributed by atoms with Gasteiger partial charge < -0.3 is 9.64 Å². The fourth-order valence-corrected chi connectivity index (χ4v) is 4.78. The van der Waals surface area contributed by atoms with Crippen molar-refractivity contribution in [2.24, 2.45) is 0 Å². The van der Waals surface area contributed by atoms with Crippen molar-refractivity contribution in [2.45, 2.75) is 44.7 Å². The van der Waals surface area contributed by atoms with Crippen molar-refractivity contribution < 1.29 is 14.3 Å². The summed E-state index contributed by atoms with van der Waals surface area (Å²) in [6.45, 7) is 3.49. The molecule has 0 radical (unpaired) electrons. The molecule has 0 aromatic heterocycles. The maximum atomic E-state index is 12.3. The lowest BCUT2D eigenvalue weighted by Gasteiger charge is -2.41. The minimum atomic E-state index is -0.520. The average molecular weight is 462 g/mol. The molecule has 4 rings (SSSR count). The highest BCUT2D eigenvalue weighted by Crippen LogP contribution is 2.46. The molecule has 0 atom stereocenters. The third-order valence-corrected chi connectivity index (χ3v) is 6.51. The predicted molar refractivity (Wildman–Crippen MR) is 131 cm³/mol. The molecule has 33 heavy (non-hydrogen) atoms. The van der Waals surface area contributed by atoms with E-state index in [-0.39, 0.29) is 18.2 Å². The van der Waals surface area contributed by atoms with Crippen molar-refractivity contribution in [1.82, 2.24) is 0 Å². The van der Waals surface area contributed by atoms with Crippen molar-refractivity contribution in [3.05, 3.63) is 101 Å². The lowest BCUT2D eigenvalue weighted by Crippen LogP contribution is -2.43. The molecule has 0 N–H and O–H groups in total. The van der Waals surface area contributed by atoms with E-state index in [2.05, 4.69) is 35.2 Å². The van der Waals surface area contributed by atoms with Gasteiger partial charge in [-0.1, -0.05) is 78.3 Å². The number of ether oxygens (including phenoxy) is 1. The van der Waals surface area contributed by atoms with Gasteiger partial charge in [-0.05, 0) is 35.7 Å². The van der Waals surface area contributed by atoms with Crippen molar-refractivity contribution in [3.63, 3.8) is 0 Å². The molecule has 0 bridgehead atoms. The largest absolute Gasteiger partial charge is 0.466 e. The number of esters is 1.